The van der Waals surface area contributed by atoms with Gasteiger partial charge in [0.05, 0.1) is 11.3 Å². The van der Waals surface area contributed by atoms with Crippen molar-refractivity contribution in [3.8, 4) is 5.75 Å². The highest BCUT2D eigenvalue weighted by atomic mass is 19.1. The summed E-state index contributed by atoms with van der Waals surface area (Å²) < 4.78 is 18.2. The maximum Gasteiger partial charge on any atom is 0.338 e. The van der Waals surface area contributed by atoms with Gasteiger partial charge < -0.3 is 15.6 Å². The second kappa shape index (κ2) is 5.39. The van der Waals surface area contributed by atoms with Crippen LogP contribution in [0.3, 0.4) is 0 Å². The molecule has 0 heterocycles. The number of carbonyl (C=O) groups is 1. The molecule has 0 radical (unpaired) electrons. The lowest BCUT2D eigenvalue weighted by atomic mass is 10.2. The first-order chi connectivity index (χ1) is 9.06. The molecule has 0 aliphatic rings. The summed E-state index contributed by atoms with van der Waals surface area (Å²) in [5, 5.41) is 9.11. The number of hydrogen-bond donors (Lipinski definition) is 2. The van der Waals surface area contributed by atoms with Gasteiger partial charge in [0, 0.05) is 0 Å². The number of nitrogen functional groups attached to an aromatic ring is 1. The molecule has 0 saturated heterocycles. The van der Waals surface area contributed by atoms with Crippen molar-refractivity contribution in [1.29, 1.82) is 0 Å². The summed E-state index contributed by atoms with van der Waals surface area (Å²) in [7, 11) is 0. The number of anilines is 1. The van der Waals surface area contributed by atoms with Gasteiger partial charge in [0.1, 0.15) is 18.2 Å². The van der Waals surface area contributed by atoms with Crippen LogP contribution < -0.4 is 5.73 Å². The molecular formula is C14H12FNO3. The van der Waals surface area contributed by atoms with E-state index >= 15 is 0 Å². The van der Waals surface area contributed by atoms with E-state index in [1.54, 1.807) is 12.1 Å². The van der Waals surface area contributed by atoms with Gasteiger partial charge in [0.2, 0.25) is 0 Å². The van der Waals surface area contributed by atoms with E-state index in [-0.39, 0.29) is 23.6 Å². The summed E-state index contributed by atoms with van der Waals surface area (Å²) in [4.78, 5) is 11.7. The molecule has 5 heteroatoms. The second-order valence-corrected chi connectivity index (χ2v) is 3.98. The average Bonchev–Trinajstić information content (AvgIpc) is 2.41. The summed E-state index contributed by atoms with van der Waals surface area (Å²) >= 11 is 0. The summed E-state index contributed by atoms with van der Waals surface area (Å²) in [6.07, 6.45) is 0. The van der Waals surface area contributed by atoms with Crippen molar-refractivity contribution in [3.63, 3.8) is 0 Å². The van der Waals surface area contributed by atoms with E-state index in [1.807, 2.05) is 0 Å². The molecule has 3 N–H and O–H groups in total. The molecule has 0 bridgehead atoms. The quantitative estimate of drug-likeness (QED) is 0.657. The smallest absolute Gasteiger partial charge is 0.338 e. The van der Waals surface area contributed by atoms with Gasteiger partial charge in [-0.3, -0.25) is 0 Å². The first-order valence-corrected chi connectivity index (χ1v) is 5.56. The van der Waals surface area contributed by atoms with Crippen LogP contribution >= 0.6 is 0 Å². The molecule has 0 aliphatic heterocycles. The number of benzene rings is 2. The lowest BCUT2D eigenvalue weighted by molar-refractivity contribution is 0.0472. The molecule has 2 aromatic rings. The Kier molecular flexibility index (Phi) is 3.66. The maximum atomic E-state index is 13.2. The third-order valence-electron chi connectivity index (χ3n) is 2.54. The molecule has 2 rings (SSSR count). The number of nitrogens with two attached hydrogens (primary N) is 1. The van der Waals surface area contributed by atoms with Gasteiger partial charge in [-0.2, -0.15) is 0 Å². The number of phenolic OH excluding ortho intramolecular Hbond substituents is 1. The zero-order valence-corrected chi connectivity index (χ0v) is 9.97. The van der Waals surface area contributed by atoms with Crippen LogP contribution in [0, 0.1) is 5.82 Å². The Hall–Kier alpha value is -2.56. The Morgan fingerprint density at radius 1 is 1.21 bits per heavy atom. The van der Waals surface area contributed by atoms with Crippen molar-refractivity contribution in [2.45, 2.75) is 6.61 Å². The first kappa shape index (κ1) is 12.9. The Bertz CT molecular complexity index is 596. The van der Waals surface area contributed by atoms with E-state index in [4.69, 9.17) is 15.6 Å². The number of carbonyl (C=O) groups excluding carboxylic acids is 1. The highest BCUT2D eigenvalue weighted by molar-refractivity contribution is 5.89. The second-order valence-electron chi connectivity index (χ2n) is 3.98. The molecule has 0 unspecified atom stereocenters. The zero-order valence-electron chi connectivity index (χ0n) is 9.97. The van der Waals surface area contributed by atoms with Gasteiger partial charge in [-0.05, 0) is 35.9 Å². The molecule has 0 fully saturated rings. The fourth-order valence-corrected chi connectivity index (χ4v) is 1.48. The van der Waals surface area contributed by atoms with Crippen LogP contribution in [0.5, 0.6) is 5.75 Å². The lowest BCUT2D eigenvalue weighted by Crippen LogP contribution is -2.06. The molecule has 19 heavy (non-hydrogen) atoms. The van der Waals surface area contributed by atoms with Crippen LogP contribution in [0.15, 0.2) is 42.5 Å². The lowest BCUT2D eigenvalue weighted by Gasteiger charge is -2.06. The fourth-order valence-electron chi connectivity index (χ4n) is 1.48. The predicted molar refractivity (Wildman–Crippen MR) is 68.0 cm³/mol. The minimum Gasteiger partial charge on any atom is -0.508 e. The summed E-state index contributed by atoms with van der Waals surface area (Å²) in [6.45, 7) is 0.0467. The number of phenols is 1. The van der Waals surface area contributed by atoms with E-state index in [1.165, 1.54) is 24.3 Å². The van der Waals surface area contributed by atoms with Gasteiger partial charge in [0.15, 0.2) is 0 Å². The molecular weight excluding hydrogens is 249 g/mol. The van der Waals surface area contributed by atoms with Crippen molar-refractivity contribution >= 4 is 11.7 Å². The van der Waals surface area contributed by atoms with Gasteiger partial charge >= 0.3 is 5.97 Å². The SMILES string of the molecule is Nc1ccc(C(=O)OCc2ccc(O)cc2)cc1F. The first-order valence-electron chi connectivity index (χ1n) is 5.56. The van der Waals surface area contributed by atoms with E-state index in [0.717, 1.165) is 11.6 Å². The topological polar surface area (TPSA) is 72.6 Å². The van der Waals surface area contributed by atoms with Crippen molar-refractivity contribution in [3.05, 3.63) is 59.4 Å². The van der Waals surface area contributed by atoms with E-state index < -0.39 is 11.8 Å². The largest absolute Gasteiger partial charge is 0.508 e. The summed E-state index contributed by atoms with van der Waals surface area (Å²) in [5.41, 5.74) is 6.13. The molecule has 0 aromatic heterocycles. The minimum absolute atomic E-state index is 0.0184. The monoisotopic (exact) mass is 261 g/mol. The van der Waals surface area contributed by atoms with E-state index in [9.17, 15) is 9.18 Å². The van der Waals surface area contributed by atoms with Gasteiger partial charge in [-0.1, -0.05) is 12.1 Å². The van der Waals surface area contributed by atoms with Crippen molar-refractivity contribution in [1.82, 2.24) is 0 Å². The molecule has 0 atom stereocenters. The molecule has 4 nitrogen and oxygen atoms in total. The number of aromatic hydroxyl groups is 1. The van der Waals surface area contributed by atoms with Crippen molar-refractivity contribution < 1.29 is 19.0 Å². The van der Waals surface area contributed by atoms with E-state index in [2.05, 4.69) is 0 Å². The number of rotatable bonds is 3. The standard InChI is InChI=1S/C14H12FNO3/c15-12-7-10(3-6-13(12)16)14(18)19-8-9-1-4-11(17)5-2-9/h1-7,17H,8,16H2. The summed E-state index contributed by atoms with van der Waals surface area (Å²) in [6, 6.07) is 10.00. The average molecular weight is 261 g/mol. The normalized spacial score (nSPS) is 10.2. The Morgan fingerprint density at radius 2 is 1.89 bits per heavy atom. The Morgan fingerprint density at radius 3 is 2.53 bits per heavy atom. The maximum absolute atomic E-state index is 13.2. The van der Waals surface area contributed by atoms with Crippen LogP contribution in [0.4, 0.5) is 10.1 Å². The number of ether oxygens (including phenoxy) is 1. The molecule has 98 valence electrons. The minimum atomic E-state index is -0.654. The molecule has 0 saturated carbocycles. The molecule has 2 aromatic carbocycles. The van der Waals surface area contributed by atoms with Crippen LogP contribution in [0.1, 0.15) is 15.9 Å². The van der Waals surface area contributed by atoms with Crippen molar-refractivity contribution in [2.75, 3.05) is 5.73 Å². The number of halogens is 1. The third-order valence-corrected chi connectivity index (χ3v) is 2.54. The highest BCUT2D eigenvalue weighted by Crippen LogP contribution is 2.14. The Labute approximate surface area is 109 Å². The van der Waals surface area contributed by atoms with Gasteiger partial charge in [0.25, 0.3) is 0 Å². The van der Waals surface area contributed by atoms with Crippen molar-refractivity contribution in [2.24, 2.45) is 0 Å². The van der Waals surface area contributed by atoms with Crippen LogP contribution in [-0.4, -0.2) is 11.1 Å². The van der Waals surface area contributed by atoms with Gasteiger partial charge in [-0.15, -0.1) is 0 Å². The Balaban J connectivity index is 2.01. The van der Waals surface area contributed by atoms with Crippen LogP contribution in [0.2, 0.25) is 0 Å². The van der Waals surface area contributed by atoms with E-state index in [0.29, 0.717) is 0 Å². The number of hydrogen-bond acceptors (Lipinski definition) is 4. The molecule has 0 amide bonds. The van der Waals surface area contributed by atoms with Gasteiger partial charge in [-0.25, -0.2) is 9.18 Å². The zero-order chi connectivity index (χ0) is 13.8. The fraction of sp³-hybridized carbons (Fsp3) is 0.0714. The van der Waals surface area contributed by atoms with Crippen LogP contribution in [0.25, 0.3) is 0 Å². The predicted octanol–water partition coefficient (Wildman–Crippen LogP) is 2.47. The highest BCUT2D eigenvalue weighted by Gasteiger charge is 2.10. The number of esters is 1. The third kappa shape index (κ3) is 3.22. The summed E-state index contributed by atoms with van der Waals surface area (Å²) in [5.74, 6) is -1.15. The molecule has 0 spiro atoms. The molecule has 0 aliphatic carbocycles. The van der Waals surface area contributed by atoms with Crippen LogP contribution in [-0.2, 0) is 11.3 Å².